The Bertz CT molecular complexity index is 1280. The van der Waals surface area contributed by atoms with E-state index in [0.717, 1.165) is 30.1 Å². The third-order valence-electron chi connectivity index (χ3n) is 6.96. The summed E-state index contributed by atoms with van der Waals surface area (Å²) in [5.41, 5.74) is 6.83. The maximum atomic E-state index is 13.4. The number of nitrogens with two attached hydrogens (primary N) is 1. The number of amides is 4. The summed E-state index contributed by atoms with van der Waals surface area (Å²) in [5, 5.41) is 3.34. The van der Waals surface area contributed by atoms with E-state index in [2.05, 4.69) is 26.1 Å². The smallest absolute Gasteiger partial charge is 0.317 e. The number of nitrogens with one attached hydrogen (secondary N) is 1. The van der Waals surface area contributed by atoms with Crippen LogP contribution in [0.4, 0.5) is 5.82 Å². The Balaban J connectivity index is 1.67. The monoisotopic (exact) mass is 537 g/mol. The number of anilines is 1. The predicted molar refractivity (Wildman–Crippen MR) is 142 cm³/mol. The molecule has 4 amide bonds. The Labute approximate surface area is 225 Å². The van der Waals surface area contributed by atoms with E-state index in [1.165, 1.54) is 33.4 Å². The lowest BCUT2D eigenvalue weighted by Gasteiger charge is -2.41. The molecule has 1 fully saturated rings. The van der Waals surface area contributed by atoms with E-state index in [4.69, 9.17) is 12.2 Å². The molecule has 0 unspecified atom stereocenters. The van der Waals surface area contributed by atoms with Gasteiger partial charge in [-0.1, -0.05) is 5.92 Å². The number of aromatic nitrogens is 2. The molecule has 38 heavy (non-hydrogen) atoms. The summed E-state index contributed by atoms with van der Waals surface area (Å²) in [7, 11) is 5.38. The van der Waals surface area contributed by atoms with Gasteiger partial charge in [-0.25, -0.2) is 9.97 Å². The van der Waals surface area contributed by atoms with Crippen LogP contribution in [0.1, 0.15) is 45.2 Å². The van der Waals surface area contributed by atoms with Crippen LogP contribution in [0.5, 0.6) is 0 Å². The summed E-state index contributed by atoms with van der Waals surface area (Å²) in [6, 6.07) is 1.81. The van der Waals surface area contributed by atoms with Gasteiger partial charge in [0.2, 0.25) is 5.91 Å². The lowest BCUT2D eigenvalue weighted by molar-refractivity contribution is -0.136. The van der Waals surface area contributed by atoms with Crippen molar-refractivity contribution in [3.63, 3.8) is 0 Å². The van der Waals surface area contributed by atoms with Crippen LogP contribution in [0.25, 0.3) is 0 Å². The molecule has 1 aliphatic heterocycles. The highest BCUT2D eigenvalue weighted by Gasteiger charge is 2.42. The topological polar surface area (TPSA) is 142 Å². The summed E-state index contributed by atoms with van der Waals surface area (Å²) >= 11 is 1.34. The molecule has 0 saturated heterocycles. The van der Waals surface area contributed by atoms with E-state index >= 15 is 0 Å². The van der Waals surface area contributed by atoms with E-state index in [1.807, 2.05) is 7.05 Å². The van der Waals surface area contributed by atoms with Crippen molar-refractivity contribution in [3.05, 3.63) is 39.5 Å². The normalized spacial score (nSPS) is 21.1. The maximum Gasteiger partial charge on any atom is 0.317 e. The van der Waals surface area contributed by atoms with Crippen LogP contribution in [0, 0.1) is 18.3 Å². The number of likely N-dealkylation sites (N-methyl/N-ethyl adjacent to an activating group) is 1. The second-order valence-corrected chi connectivity index (χ2v) is 10.9. The molecule has 0 radical (unpaired) electrons. The molecule has 1 saturated carbocycles. The average molecular weight is 538 g/mol. The van der Waals surface area contributed by atoms with Gasteiger partial charge in [-0.05, 0) is 38.4 Å². The molecule has 0 bridgehead atoms. The Kier molecular flexibility index (Phi) is 8.08. The fourth-order valence-electron chi connectivity index (χ4n) is 5.02. The number of carbonyl (C=O) groups is 4. The van der Waals surface area contributed by atoms with Crippen molar-refractivity contribution in [1.82, 2.24) is 25.1 Å². The van der Waals surface area contributed by atoms with Crippen LogP contribution in [0.2, 0.25) is 0 Å². The van der Waals surface area contributed by atoms with Crippen molar-refractivity contribution in [2.75, 3.05) is 32.6 Å². The van der Waals surface area contributed by atoms with Crippen LogP contribution in [-0.4, -0.2) is 83.2 Å². The standard InChI is InChI=1S/C26H31N7O4S/c1-5-15-6-9-21(28-13-15)33(26(37)22(27)34)19-8-7-16(25(36)31(2)3)12-18(19)29-23(35)24-30-17-10-11-32(4)14-20(17)38-24/h1,6,9,13,16,18-19H,7-8,10-12,14H2,2-4H3,(H2,27,34)(H,29,35)/t16-,18+,19-/m0/s1. The summed E-state index contributed by atoms with van der Waals surface area (Å²) < 4.78 is 0. The number of pyridine rings is 1. The van der Waals surface area contributed by atoms with Crippen LogP contribution in [0.15, 0.2) is 18.3 Å². The van der Waals surface area contributed by atoms with Crippen molar-refractivity contribution in [2.45, 2.75) is 44.3 Å². The summed E-state index contributed by atoms with van der Waals surface area (Å²) in [5.74, 6) is -0.288. The zero-order chi connectivity index (χ0) is 27.6. The fourth-order valence-corrected chi connectivity index (χ4v) is 6.11. The molecular weight excluding hydrogens is 506 g/mol. The number of hydrogen-bond acceptors (Lipinski definition) is 8. The molecule has 11 nitrogen and oxygen atoms in total. The fraction of sp³-hybridized carbons (Fsp3) is 0.462. The second-order valence-electron chi connectivity index (χ2n) is 9.86. The number of nitrogens with zero attached hydrogens (tertiary/aromatic N) is 5. The van der Waals surface area contributed by atoms with E-state index in [9.17, 15) is 19.2 Å². The maximum absolute atomic E-state index is 13.4. The summed E-state index contributed by atoms with van der Waals surface area (Å²) in [6.45, 7) is 1.60. The Hall–Kier alpha value is -3.82. The predicted octanol–water partition coefficient (Wildman–Crippen LogP) is 0.381. The number of hydrogen-bond donors (Lipinski definition) is 2. The van der Waals surface area contributed by atoms with E-state index in [0.29, 0.717) is 23.4 Å². The van der Waals surface area contributed by atoms with E-state index < -0.39 is 23.9 Å². The number of primary amides is 1. The molecule has 1 aliphatic carbocycles. The molecule has 2 aromatic rings. The zero-order valence-electron chi connectivity index (χ0n) is 21.6. The summed E-state index contributed by atoms with van der Waals surface area (Å²) in [4.78, 5) is 66.1. The number of thiazole rings is 1. The molecule has 3 heterocycles. The van der Waals surface area contributed by atoms with Gasteiger partial charge in [-0.15, -0.1) is 17.8 Å². The van der Waals surface area contributed by atoms with Gasteiger partial charge >= 0.3 is 11.8 Å². The number of fused-ring (bicyclic) bond motifs is 1. The molecule has 3 N–H and O–H groups in total. The van der Waals surface area contributed by atoms with Crippen molar-refractivity contribution in [1.29, 1.82) is 0 Å². The Morgan fingerprint density at radius 2 is 2.00 bits per heavy atom. The van der Waals surface area contributed by atoms with Gasteiger partial charge in [0, 0.05) is 56.2 Å². The minimum Gasteiger partial charge on any atom is -0.361 e. The largest absolute Gasteiger partial charge is 0.361 e. The molecule has 2 aliphatic rings. The highest BCUT2D eigenvalue weighted by Crippen LogP contribution is 2.32. The highest BCUT2D eigenvalue weighted by molar-refractivity contribution is 7.13. The average Bonchev–Trinajstić information content (AvgIpc) is 3.32. The third-order valence-corrected chi connectivity index (χ3v) is 8.04. The minimum absolute atomic E-state index is 0.0697. The van der Waals surface area contributed by atoms with Crippen molar-refractivity contribution >= 4 is 40.8 Å². The molecule has 0 spiro atoms. The van der Waals surface area contributed by atoms with Gasteiger partial charge in [0.1, 0.15) is 5.82 Å². The van der Waals surface area contributed by atoms with Crippen molar-refractivity contribution in [3.8, 4) is 12.3 Å². The van der Waals surface area contributed by atoms with Gasteiger partial charge < -0.3 is 20.9 Å². The van der Waals surface area contributed by atoms with Crippen LogP contribution < -0.4 is 16.0 Å². The summed E-state index contributed by atoms with van der Waals surface area (Å²) in [6.07, 6.45) is 8.68. The van der Waals surface area contributed by atoms with Crippen molar-refractivity contribution in [2.24, 2.45) is 11.7 Å². The Morgan fingerprint density at radius 3 is 2.63 bits per heavy atom. The third kappa shape index (κ3) is 5.69. The molecular formula is C26H31N7O4S. The zero-order valence-corrected chi connectivity index (χ0v) is 22.5. The SMILES string of the molecule is C#Cc1ccc(N(C(=O)C(N)=O)[C@H]2CC[C@H](C(=O)N(C)C)C[C@H]2NC(=O)c2nc3c(s2)CN(C)CC3)nc1. The molecule has 4 rings (SSSR count). The van der Waals surface area contributed by atoms with Gasteiger partial charge in [0.05, 0.1) is 17.8 Å². The minimum atomic E-state index is -1.15. The molecule has 0 aromatic carbocycles. The van der Waals surface area contributed by atoms with E-state index in [1.54, 1.807) is 20.2 Å². The number of rotatable bonds is 5. The van der Waals surface area contributed by atoms with Gasteiger partial charge in [-0.2, -0.15) is 0 Å². The van der Waals surface area contributed by atoms with Gasteiger partial charge in [-0.3, -0.25) is 24.1 Å². The van der Waals surface area contributed by atoms with Gasteiger partial charge in [0.25, 0.3) is 5.91 Å². The quantitative estimate of drug-likeness (QED) is 0.415. The molecule has 12 heteroatoms. The lowest BCUT2D eigenvalue weighted by Crippen LogP contribution is -2.59. The molecule has 200 valence electrons. The van der Waals surface area contributed by atoms with Crippen LogP contribution in [0.3, 0.4) is 0 Å². The first kappa shape index (κ1) is 27.2. The second kappa shape index (κ2) is 11.3. The van der Waals surface area contributed by atoms with Crippen molar-refractivity contribution < 1.29 is 19.2 Å². The van der Waals surface area contributed by atoms with E-state index in [-0.39, 0.29) is 30.0 Å². The first-order valence-electron chi connectivity index (χ1n) is 12.3. The molecule has 2 aromatic heterocycles. The number of terminal acetylenes is 1. The van der Waals surface area contributed by atoms with Gasteiger partial charge in [0.15, 0.2) is 5.01 Å². The molecule has 3 atom stereocenters. The number of carbonyl (C=O) groups excluding carboxylic acids is 4. The lowest BCUT2D eigenvalue weighted by atomic mass is 9.80. The van der Waals surface area contributed by atoms with Crippen LogP contribution in [-0.2, 0) is 27.3 Å². The first-order chi connectivity index (χ1) is 18.1. The Morgan fingerprint density at radius 1 is 1.24 bits per heavy atom. The highest BCUT2D eigenvalue weighted by atomic mass is 32.1. The first-order valence-corrected chi connectivity index (χ1v) is 13.2. The van der Waals surface area contributed by atoms with Crippen LogP contribution >= 0.6 is 11.3 Å².